The summed E-state index contributed by atoms with van der Waals surface area (Å²) in [5, 5.41) is 0. The first-order chi connectivity index (χ1) is 9.31. The molecule has 0 atom stereocenters. The summed E-state index contributed by atoms with van der Waals surface area (Å²) in [6.45, 7) is 0. The second-order valence-electron chi connectivity index (χ2n) is 4.19. The summed E-state index contributed by atoms with van der Waals surface area (Å²) >= 11 is 0. The molecule has 0 spiro atoms. The molecule has 3 nitrogen and oxygen atoms in total. The molecule has 0 aromatic heterocycles. The van der Waals surface area contributed by atoms with Gasteiger partial charge >= 0.3 is 5.97 Å². The van der Waals surface area contributed by atoms with Crippen molar-refractivity contribution in [2.75, 3.05) is 7.11 Å². The number of benzene rings is 1. The van der Waals surface area contributed by atoms with E-state index in [9.17, 15) is 4.79 Å². The number of carbonyl (C=O) groups excluding carboxylic acids is 1. The van der Waals surface area contributed by atoms with Crippen molar-refractivity contribution < 1.29 is 13.9 Å². The molecule has 0 bridgehead atoms. The first-order valence-corrected chi connectivity index (χ1v) is 5.95. The van der Waals surface area contributed by atoms with Crippen molar-refractivity contribution in [3.63, 3.8) is 0 Å². The zero-order valence-electron chi connectivity index (χ0n) is 10.4. The van der Waals surface area contributed by atoms with E-state index < -0.39 is 5.97 Å². The van der Waals surface area contributed by atoms with Crippen molar-refractivity contribution in [2.45, 2.75) is 0 Å². The number of rotatable bonds is 2. The van der Waals surface area contributed by atoms with Crippen LogP contribution in [0.5, 0.6) is 0 Å². The topological polar surface area (TPSA) is 39.4 Å². The molecule has 94 valence electrons. The first kappa shape index (κ1) is 11.5. The Balaban J connectivity index is 2.20. The Labute approximate surface area is 110 Å². The molecule has 1 aliphatic heterocycles. The summed E-state index contributed by atoms with van der Waals surface area (Å²) in [6, 6.07) is 15.7. The van der Waals surface area contributed by atoms with E-state index in [2.05, 4.69) is 0 Å². The Bertz CT molecular complexity index is 682. The van der Waals surface area contributed by atoms with E-state index in [0.717, 1.165) is 22.3 Å². The van der Waals surface area contributed by atoms with E-state index in [-0.39, 0.29) is 5.76 Å². The Hall–Kier alpha value is -2.55. The van der Waals surface area contributed by atoms with Gasteiger partial charge in [0, 0.05) is 11.1 Å². The highest BCUT2D eigenvalue weighted by Gasteiger charge is 2.21. The van der Waals surface area contributed by atoms with Crippen LogP contribution in [0.1, 0.15) is 10.6 Å². The molecule has 0 amide bonds. The van der Waals surface area contributed by atoms with Gasteiger partial charge < -0.3 is 9.15 Å². The molecule has 0 fully saturated rings. The van der Waals surface area contributed by atoms with Crippen molar-refractivity contribution in [2.24, 2.45) is 0 Å². The van der Waals surface area contributed by atoms with Gasteiger partial charge in [-0.05, 0) is 11.1 Å². The van der Waals surface area contributed by atoms with E-state index in [0.29, 0.717) is 0 Å². The van der Waals surface area contributed by atoms with Gasteiger partial charge in [-0.2, -0.15) is 0 Å². The van der Waals surface area contributed by atoms with Crippen LogP contribution in [-0.4, -0.2) is 13.1 Å². The summed E-state index contributed by atoms with van der Waals surface area (Å²) in [6.07, 6.45) is 1.60. The number of ether oxygens (including phenoxy) is 1. The lowest BCUT2D eigenvalue weighted by atomic mass is 9.98. The lowest BCUT2D eigenvalue weighted by Crippen LogP contribution is -2.03. The lowest BCUT2D eigenvalue weighted by Gasteiger charge is -2.10. The van der Waals surface area contributed by atoms with Crippen molar-refractivity contribution in [1.29, 1.82) is 0 Å². The van der Waals surface area contributed by atoms with Gasteiger partial charge in [-0.15, -0.1) is 0 Å². The molecular weight excluding hydrogens is 240 g/mol. The molecular formula is C16H12O3. The molecule has 0 N–H and O–H groups in total. The van der Waals surface area contributed by atoms with Crippen LogP contribution in [0.25, 0.3) is 22.3 Å². The zero-order valence-corrected chi connectivity index (χ0v) is 10.4. The molecule has 19 heavy (non-hydrogen) atoms. The van der Waals surface area contributed by atoms with Crippen LogP contribution in [0.15, 0.2) is 59.2 Å². The average molecular weight is 252 g/mol. The molecule has 1 heterocycles. The maximum absolute atomic E-state index is 11.7. The Morgan fingerprint density at radius 2 is 1.68 bits per heavy atom. The van der Waals surface area contributed by atoms with E-state index >= 15 is 0 Å². The molecule has 3 rings (SSSR count). The SMILES string of the molecule is COC(=O)c1occ(-c2ccccc2)c2cccc1-2. The molecule has 1 aliphatic carbocycles. The van der Waals surface area contributed by atoms with Crippen LogP contribution < -0.4 is 0 Å². The third-order valence-electron chi connectivity index (χ3n) is 3.10. The zero-order chi connectivity index (χ0) is 13.2. The predicted octanol–water partition coefficient (Wildman–Crippen LogP) is 3.84. The average Bonchev–Trinajstić information content (AvgIpc) is 2.95. The van der Waals surface area contributed by atoms with E-state index in [4.69, 9.17) is 9.15 Å². The van der Waals surface area contributed by atoms with Gasteiger partial charge in [0.15, 0.2) is 0 Å². The number of methoxy groups -OCH3 is 1. The fraction of sp³-hybridized carbons (Fsp3) is 0.0625. The molecule has 1 aromatic rings. The third-order valence-corrected chi connectivity index (χ3v) is 3.10. The minimum atomic E-state index is -0.462. The van der Waals surface area contributed by atoms with Crippen LogP contribution in [0, 0.1) is 0 Å². The predicted molar refractivity (Wildman–Crippen MR) is 72.1 cm³/mol. The van der Waals surface area contributed by atoms with Crippen molar-refractivity contribution >= 4 is 5.97 Å². The summed E-state index contributed by atoms with van der Waals surface area (Å²) < 4.78 is 10.2. The van der Waals surface area contributed by atoms with Crippen molar-refractivity contribution in [1.82, 2.24) is 0 Å². The highest BCUT2D eigenvalue weighted by Crippen LogP contribution is 2.37. The summed E-state index contributed by atoms with van der Waals surface area (Å²) in [5.41, 5.74) is 3.78. The third kappa shape index (κ3) is 1.89. The van der Waals surface area contributed by atoms with Crippen LogP contribution in [0.2, 0.25) is 0 Å². The molecule has 0 saturated heterocycles. The van der Waals surface area contributed by atoms with Gasteiger partial charge in [-0.25, -0.2) is 4.79 Å². The van der Waals surface area contributed by atoms with E-state index in [1.165, 1.54) is 7.11 Å². The Morgan fingerprint density at radius 1 is 0.947 bits per heavy atom. The van der Waals surface area contributed by atoms with Gasteiger partial charge in [0.1, 0.15) is 0 Å². The standard InChI is InChI=1S/C16H12O3/c1-18-16(17)15-13-9-5-8-12(13)14(10-19-15)11-6-3-2-4-7-11/h2-10H,1H3. The molecule has 3 heteroatoms. The number of hydrogen-bond acceptors (Lipinski definition) is 3. The number of hydrogen-bond donors (Lipinski definition) is 0. The second kappa shape index (κ2) is 4.61. The normalized spacial score (nSPS) is 10.6. The second-order valence-corrected chi connectivity index (χ2v) is 4.19. The first-order valence-electron chi connectivity index (χ1n) is 5.95. The maximum Gasteiger partial charge on any atom is 0.374 e. The molecule has 0 unspecified atom stereocenters. The summed E-state index contributed by atoms with van der Waals surface area (Å²) in [7, 11) is 1.34. The number of esters is 1. The van der Waals surface area contributed by atoms with E-state index in [1.807, 2.05) is 48.5 Å². The molecule has 0 radical (unpaired) electrons. The molecule has 1 aromatic carbocycles. The fourth-order valence-corrected chi connectivity index (χ4v) is 2.19. The Kier molecular flexibility index (Phi) is 2.80. The van der Waals surface area contributed by atoms with Gasteiger partial charge in [-0.1, -0.05) is 48.5 Å². The van der Waals surface area contributed by atoms with Gasteiger partial charge in [-0.3, -0.25) is 0 Å². The summed E-state index contributed by atoms with van der Waals surface area (Å²) in [5.74, 6) is -0.224. The smallest absolute Gasteiger partial charge is 0.374 e. The highest BCUT2D eigenvalue weighted by atomic mass is 16.5. The lowest BCUT2D eigenvalue weighted by molar-refractivity contribution is 0.0564. The monoisotopic (exact) mass is 252 g/mol. The minimum absolute atomic E-state index is 0.238. The summed E-state index contributed by atoms with van der Waals surface area (Å²) in [4.78, 5) is 11.7. The maximum atomic E-state index is 11.7. The molecule has 2 aliphatic rings. The highest BCUT2D eigenvalue weighted by molar-refractivity contribution is 5.98. The van der Waals surface area contributed by atoms with Crippen LogP contribution >= 0.6 is 0 Å². The van der Waals surface area contributed by atoms with Gasteiger partial charge in [0.05, 0.1) is 13.4 Å². The van der Waals surface area contributed by atoms with Gasteiger partial charge in [0.25, 0.3) is 0 Å². The van der Waals surface area contributed by atoms with Crippen LogP contribution in [0.3, 0.4) is 0 Å². The van der Waals surface area contributed by atoms with Crippen LogP contribution in [0.4, 0.5) is 0 Å². The van der Waals surface area contributed by atoms with Crippen molar-refractivity contribution in [3.8, 4) is 22.3 Å². The van der Waals surface area contributed by atoms with Crippen LogP contribution in [-0.2, 0) is 4.74 Å². The number of fused-ring (bicyclic) bond motifs is 1. The quantitative estimate of drug-likeness (QED) is 0.650. The van der Waals surface area contributed by atoms with Gasteiger partial charge in [0.2, 0.25) is 5.76 Å². The minimum Gasteiger partial charge on any atom is -0.463 e. The molecule has 0 saturated carbocycles. The van der Waals surface area contributed by atoms with Crippen molar-refractivity contribution in [3.05, 3.63) is 60.6 Å². The van der Waals surface area contributed by atoms with E-state index in [1.54, 1.807) is 6.26 Å². The Morgan fingerprint density at radius 3 is 2.42 bits per heavy atom. The largest absolute Gasteiger partial charge is 0.463 e. The fourth-order valence-electron chi connectivity index (χ4n) is 2.19. The number of carbonyl (C=O) groups is 1.